The molecule has 0 radical (unpaired) electrons. The average molecular weight is 428 g/mol. The molecule has 0 atom stereocenters. The molecule has 2 aromatic rings. The summed E-state index contributed by atoms with van der Waals surface area (Å²) in [5, 5.41) is 8.82. The number of aromatic amines is 1. The lowest BCUT2D eigenvalue weighted by molar-refractivity contribution is 0.158. The first-order chi connectivity index (χ1) is 14.5. The standard InChI is InChI=1S/C22H24FN3OS.C2H6/c1-4-5-8-19(27-16(2)3)9-6-7-18-14-25-15-22(18)28-26-21-11-10-17(13-24)12-20(21)23;1-2/h4-6,8-12,14-16,25-26H,7H2,1-3H3;1-2H3/b5-4-,9-6+,19-8+;. The highest BCUT2D eigenvalue weighted by atomic mass is 32.2. The van der Waals surface area contributed by atoms with Crippen LogP contribution in [0.5, 0.6) is 0 Å². The van der Waals surface area contributed by atoms with Crippen molar-refractivity contribution in [1.29, 1.82) is 5.26 Å². The van der Waals surface area contributed by atoms with Gasteiger partial charge in [0, 0.05) is 17.3 Å². The lowest BCUT2D eigenvalue weighted by atomic mass is 10.2. The van der Waals surface area contributed by atoms with Gasteiger partial charge in [-0.15, -0.1) is 0 Å². The summed E-state index contributed by atoms with van der Waals surface area (Å²) in [6, 6.07) is 6.29. The molecule has 4 nitrogen and oxygen atoms in total. The molecule has 0 aliphatic heterocycles. The number of halogens is 1. The number of anilines is 1. The van der Waals surface area contributed by atoms with E-state index in [1.54, 1.807) is 12.1 Å². The Morgan fingerprint density at radius 3 is 2.73 bits per heavy atom. The molecule has 2 rings (SSSR count). The third-order valence-electron chi connectivity index (χ3n) is 3.60. The minimum absolute atomic E-state index is 0.103. The maximum atomic E-state index is 14.0. The number of nitrogens with one attached hydrogen (secondary N) is 2. The van der Waals surface area contributed by atoms with Gasteiger partial charge in [0.2, 0.25) is 0 Å². The summed E-state index contributed by atoms with van der Waals surface area (Å²) in [6.07, 6.45) is 14.4. The molecule has 0 spiro atoms. The number of nitriles is 1. The molecular weight excluding hydrogens is 397 g/mol. The zero-order valence-electron chi connectivity index (χ0n) is 18.2. The first kappa shape index (κ1) is 25.1. The van der Waals surface area contributed by atoms with Gasteiger partial charge in [-0.05, 0) is 75.1 Å². The van der Waals surface area contributed by atoms with E-state index in [1.165, 1.54) is 18.0 Å². The van der Waals surface area contributed by atoms with Crippen molar-refractivity contribution in [3.8, 4) is 6.07 Å². The van der Waals surface area contributed by atoms with E-state index < -0.39 is 5.82 Å². The third-order valence-corrected chi connectivity index (χ3v) is 4.52. The Bertz CT molecular complexity index is 907. The van der Waals surface area contributed by atoms with Crippen molar-refractivity contribution in [2.24, 2.45) is 0 Å². The van der Waals surface area contributed by atoms with E-state index >= 15 is 0 Å². The van der Waals surface area contributed by atoms with E-state index in [-0.39, 0.29) is 6.10 Å². The topological polar surface area (TPSA) is 60.8 Å². The zero-order chi connectivity index (χ0) is 22.4. The second kappa shape index (κ2) is 14.1. The van der Waals surface area contributed by atoms with Crippen molar-refractivity contribution in [3.05, 3.63) is 83.7 Å². The van der Waals surface area contributed by atoms with Crippen LogP contribution < -0.4 is 4.72 Å². The van der Waals surface area contributed by atoms with E-state index in [4.69, 9.17) is 10.00 Å². The Morgan fingerprint density at radius 2 is 2.10 bits per heavy atom. The number of ether oxygens (including phenoxy) is 1. The smallest absolute Gasteiger partial charge is 0.148 e. The number of hydrogen-bond acceptors (Lipinski definition) is 4. The van der Waals surface area contributed by atoms with Crippen molar-refractivity contribution < 1.29 is 9.13 Å². The molecule has 1 aromatic carbocycles. The van der Waals surface area contributed by atoms with Crippen LogP contribution in [0.4, 0.5) is 10.1 Å². The Labute approximate surface area is 183 Å². The van der Waals surface area contributed by atoms with Crippen molar-refractivity contribution >= 4 is 17.6 Å². The summed E-state index contributed by atoms with van der Waals surface area (Å²) in [6.45, 7) is 9.94. The number of H-pyrrole nitrogens is 1. The van der Waals surface area contributed by atoms with Crippen LogP contribution in [0.15, 0.2) is 71.6 Å². The van der Waals surface area contributed by atoms with Crippen LogP contribution in [0, 0.1) is 17.1 Å². The summed E-state index contributed by atoms with van der Waals surface area (Å²) < 4.78 is 22.8. The molecule has 0 amide bonds. The number of allylic oxidation sites excluding steroid dienone is 5. The summed E-state index contributed by atoms with van der Waals surface area (Å²) >= 11 is 1.32. The number of aromatic nitrogens is 1. The monoisotopic (exact) mass is 427 g/mol. The van der Waals surface area contributed by atoms with Crippen molar-refractivity contribution in [2.75, 3.05) is 4.72 Å². The number of rotatable bonds is 9. The van der Waals surface area contributed by atoms with Crippen molar-refractivity contribution in [1.82, 2.24) is 4.98 Å². The first-order valence-corrected chi connectivity index (χ1v) is 10.8. The van der Waals surface area contributed by atoms with E-state index in [2.05, 4.69) is 9.71 Å². The Kier molecular flexibility index (Phi) is 11.8. The van der Waals surface area contributed by atoms with Gasteiger partial charge < -0.3 is 14.4 Å². The predicted octanol–water partition coefficient (Wildman–Crippen LogP) is 7.15. The maximum Gasteiger partial charge on any atom is 0.148 e. The van der Waals surface area contributed by atoms with Gasteiger partial charge in [0.1, 0.15) is 11.6 Å². The highest BCUT2D eigenvalue weighted by Crippen LogP contribution is 2.27. The van der Waals surface area contributed by atoms with Crippen LogP contribution in [0.25, 0.3) is 0 Å². The van der Waals surface area contributed by atoms with E-state index in [0.717, 1.165) is 16.2 Å². The summed E-state index contributed by atoms with van der Waals surface area (Å²) in [4.78, 5) is 4.05. The molecule has 0 saturated heterocycles. The Morgan fingerprint density at radius 1 is 1.33 bits per heavy atom. The van der Waals surface area contributed by atoms with Crippen LogP contribution in [0.2, 0.25) is 0 Å². The summed E-state index contributed by atoms with van der Waals surface area (Å²) in [5.41, 5.74) is 1.72. The second-order valence-electron chi connectivity index (χ2n) is 6.22. The molecule has 0 bridgehead atoms. The molecule has 0 aliphatic rings. The minimum atomic E-state index is -0.451. The molecule has 30 heavy (non-hydrogen) atoms. The van der Waals surface area contributed by atoms with Gasteiger partial charge in [0.05, 0.1) is 23.4 Å². The average Bonchev–Trinajstić information content (AvgIpc) is 3.19. The lowest BCUT2D eigenvalue weighted by Gasteiger charge is -2.10. The number of hydrogen-bond donors (Lipinski definition) is 2. The fraction of sp³-hybridized carbons (Fsp3) is 0.292. The van der Waals surface area contributed by atoms with Gasteiger partial charge in [0.25, 0.3) is 0 Å². The van der Waals surface area contributed by atoms with Crippen LogP contribution in [0.1, 0.15) is 45.7 Å². The van der Waals surface area contributed by atoms with Gasteiger partial charge in [-0.1, -0.05) is 32.1 Å². The van der Waals surface area contributed by atoms with Gasteiger partial charge in [-0.3, -0.25) is 0 Å². The molecule has 0 unspecified atom stereocenters. The predicted molar refractivity (Wildman–Crippen MR) is 125 cm³/mol. The Balaban J connectivity index is 0.00000218. The fourth-order valence-electron chi connectivity index (χ4n) is 2.31. The second-order valence-corrected chi connectivity index (χ2v) is 7.07. The Hall–Kier alpha value is -2.91. The molecule has 2 N–H and O–H groups in total. The van der Waals surface area contributed by atoms with Crippen LogP contribution in [0.3, 0.4) is 0 Å². The normalized spacial score (nSPS) is 11.5. The number of benzene rings is 1. The fourth-order valence-corrected chi connectivity index (χ4v) is 3.10. The van der Waals surface area contributed by atoms with Gasteiger partial charge in [0.15, 0.2) is 0 Å². The van der Waals surface area contributed by atoms with E-state index in [9.17, 15) is 4.39 Å². The van der Waals surface area contributed by atoms with Crippen molar-refractivity contribution in [2.45, 2.75) is 52.0 Å². The highest BCUT2D eigenvalue weighted by Gasteiger charge is 2.07. The lowest BCUT2D eigenvalue weighted by Crippen LogP contribution is -2.00. The third kappa shape index (κ3) is 8.62. The first-order valence-electron chi connectivity index (χ1n) is 9.97. The largest absolute Gasteiger partial charge is 0.491 e. The van der Waals surface area contributed by atoms with Crippen molar-refractivity contribution in [3.63, 3.8) is 0 Å². The van der Waals surface area contributed by atoms with Crippen LogP contribution in [-0.4, -0.2) is 11.1 Å². The minimum Gasteiger partial charge on any atom is -0.491 e. The zero-order valence-corrected chi connectivity index (χ0v) is 19.0. The van der Waals surface area contributed by atoms with E-state index in [1.807, 2.05) is 83.5 Å². The van der Waals surface area contributed by atoms with E-state index in [0.29, 0.717) is 17.7 Å². The van der Waals surface area contributed by atoms with Gasteiger partial charge in [-0.25, -0.2) is 4.39 Å². The van der Waals surface area contributed by atoms with Crippen LogP contribution >= 0.6 is 11.9 Å². The summed E-state index contributed by atoms with van der Waals surface area (Å²) in [7, 11) is 0. The molecule has 0 saturated carbocycles. The molecule has 160 valence electrons. The SMILES string of the molecule is CC.C\C=C/C=C(\C=C\Cc1c[nH]cc1SNc1ccc(C#N)cc1F)OC(C)C. The quantitative estimate of drug-likeness (QED) is 0.253. The molecule has 0 aliphatic carbocycles. The maximum absolute atomic E-state index is 14.0. The molecular formula is C24H30FN3OS. The molecule has 6 heteroatoms. The molecule has 1 aromatic heterocycles. The number of nitrogens with zero attached hydrogens (tertiary/aromatic N) is 1. The summed E-state index contributed by atoms with van der Waals surface area (Å²) in [5.74, 6) is 0.351. The molecule has 1 heterocycles. The highest BCUT2D eigenvalue weighted by molar-refractivity contribution is 8.00. The van der Waals surface area contributed by atoms with Gasteiger partial charge >= 0.3 is 0 Å². The van der Waals surface area contributed by atoms with Gasteiger partial charge in [-0.2, -0.15) is 5.26 Å². The van der Waals surface area contributed by atoms with Crippen LogP contribution in [-0.2, 0) is 11.2 Å². The molecule has 0 fully saturated rings.